The zero-order valence-corrected chi connectivity index (χ0v) is 15.4. The molecule has 0 saturated carbocycles. The van der Waals surface area contributed by atoms with Crippen LogP contribution in [0.3, 0.4) is 0 Å². The molecule has 28 heavy (non-hydrogen) atoms. The second kappa shape index (κ2) is 7.15. The fraction of sp³-hybridized carbons (Fsp3) is 0.200. The number of amides is 3. The van der Waals surface area contributed by atoms with Gasteiger partial charge in [0.25, 0.3) is 0 Å². The number of aromatic nitrogens is 2. The van der Waals surface area contributed by atoms with Crippen molar-refractivity contribution in [3.05, 3.63) is 54.2 Å². The maximum atomic E-state index is 13.1. The van der Waals surface area contributed by atoms with E-state index in [-0.39, 0.29) is 5.91 Å². The maximum absolute atomic E-state index is 13.1. The number of urea groups is 1. The van der Waals surface area contributed by atoms with Crippen LogP contribution in [0.5, 0.6) is 5.75 Å². The number of benzene rings is 2. The molecular weight excluding hydrogens is 358 g/mol. The van der Waals surface area contributed by atoms with E-state index in [1.165, 1.54) is 0 Å². The number of aromatic amines is 1. The normalized spacial score (nSPS) is 19.1. The highest BCUT2D eigenvalue weighted by Crippen LogP contribution is 2.30. The average molecular weight is 377 g/mol. The number of ether oxygens (including phenoxy) is 1. The van der Waals surface area contributed by atoms with E-state index in [2.05, 4.69) is 25.8 Å². The lowest BCUT2D eigenvalue weighted by Gasteiger charge is -2.30. The van der Waals surface area contributed by atoms with Crippen molar-refractivity contribution >= 4 is 34.2 Å². The molecule has 0 aliphatic carbocycles. The van der Waals surface area contributed by atoms with Crippen LogP contribution in [0.25, 0.3) is 10.9 Å². The largest absolute Gasteiger partial charge is 0.497 e. The van der Waals surface area contributed by atoms with Gasteiger partial charge in [0.15, 0.2) is 0 Å². The number of fused-ring (bicyclic) bond motifs is 1. The van der Waals surface area contributed by atoms with Crippen molar-refractivity contribution in [2.24, 2.45) is 10.9 Å². The first kappa shape index (κ1) is 17.7. The van der Waals surface area contributed by atoms with E-state index in [1.54, 1.807) is 32.4 Å². The van der Waals surface area contributed by atoms with Gasteiger partial charge in [0.05, 0.1) is 24.9 Å². The number of hydrogen-bond donors (Lipinski definition) is 3. The van der Waals surface area contributed by atoms with Gasteiger partial charge in [-0.15, -0.1) is 0 Å². The lowest BCUT2D eigenvalue weighted by Crippen LogP contribution is -2.45. The molecule has 0 fully saturated rings. The van der Waals surface area contributed by atoms with Gasteiger partial charge in [0.2, 0.25) is 5.91 Å². The molecule has 2 aromatic carbocycles. The Kier molecular flexibility index (Phi) is 4.52. The molecule has 3 aromatic rings. The number of anilines is 1. The van der Waals surface area contributed by atoms with Crippen LogP contribution in [0.4, 0.5) is 10.5 Å². The molecule has 2 unspecified atom stereocenters. The summed E-state index contributed by atoms with van der Waals surface area (Å²) in [5, 5.41) is 13.5. The van der Waals surface area contributed by atoms with Gasteiger partial charge in [0.1, 0.15) is 11.7 Å². The average Bonchev–Trinajstić information content (AvgIpc) is 3.15. The third-order valence-electron chi connectivity index (χ3n) is 4.78. The van der Waals surface area contributed by atoms with Gasteiger partial charge in [-0.1, -0.05) is 12.1 Å². The molecule has 1 aliphatic rings. The van der Waals surface area contributed by atoms with Crippen molar-refractivity contribution < 1.29 is 14.3 Å². The summed E-state index contributed by atoms with van der Waals surface area (Å²) < 4.78 is 5.27. The summed E-state index contributed by atoms with van der Waals surface area (Å²) >= 11 is 0. The van der Waals surface area contributed by atoms with Crippen molar-refractivity contribution in [3.63, 3.8) is 0 Å². The number of carbonyl (C=O) groups excluding carboxylic acids is 2. The van der Waals surface area contributed by atoms with Gasteiger partial charge in [0, 0.05) is 16.8 Å². The topological polar surface area (TPSA) is 108 Å². The number of carbonyl (C=O) groups is 2. The molecule has 1 aromatic heterocycles. The predicted octanol–water partition coefficient (Wildman–Crippen LogP) is 3.05. The first-order chi connectivity index (χ1) is 13.5. The zero-order chi connectivity index (χ0) is 19.7. The van der Waals surface area contributed by atoms with Gasteiger partial charge in [-0.2, -0.15) is 5.10 Å². The number of H-pyrrole nitrogens is 1. The van der Waals surface area contributed by atoms with Gasteiger partial charge in [-0.05, 0) is 42.8 Å². The summed E-state index contributed by atoms with van der Waals surface area (Å²) in [6.07, 6.45) is 1.69. The molecule has 0 bridgehead atoms. The number of methoxy groups -OCH3 is 1. The first-order valence-corrected chi connectivity index (χ1v) is 8.79. The minimum absolute atomic E-state index is 0.253. The van der Waals surface area contributed by atoms with E-state index in [1.807, 2.05) is 30.3 Å². The lowest BCUT2D eigenvalue weighted by atomic mass is 9.87. The Hall–Kier alpha value is -3.68. The highest BCUT2D eigenvalue weighted by molar-refractivity contribution is 6.13. The van der Waals surface area contributed by atoms with Crippen molar-refractivity contribution in [2.45, 2.75) is 13.0 Å². The van der Waals surface area contributed by atoms with Gasteiger partial charge < -0.3 is 15.4 Å². The fourth-order valence-electron chi connectivity index (χ4n) is 3.41. The Morgan fingerprint density at radius 2 is 2.07 bits per heavy atom. The van der Waals surface area contributed by atoms with Crippen molar-refractivity contribution in [1.82, 2.24) is 15.5 Å². The summed E-state index contributed by atoms with van der Waals surface area (Å²) in [6.45, 7) is 1.69. The summed E-state index contributed by atoms with van der Waals surface area (Å²) in [5.74, 6) is -0.252. The van der Waals surface area contributed by atoms with Crippen LogP contribution < -0.4 is 15.4 Å². The van der Waals surface area contributed by atoms with E-state index in [0.29, 0.717) is 17.1 Å². The second-order valence-electron chi connectivity index (χ2n) is 6.60. The van der Waals surface area contributed by atoms with E-state index in [9.17, 15) is 9.59 Å². The molecule has 3 N–H and O–H groups in total. The molecule has 2 atom stereocenters. The number of nitrogens with zero attached hydrogens (tertiary/aromatic N) is 2. The SMILES string of the molecule is COc1cccc(C2NC(=O)N=C(C)C2C(=O)Nc2ccc3[nH]ncc3c2)c1. The smallest absolute Gasteiger partial charge is 0.341 e. The Bertz CT molecular complexity index is 1090. The third-order valence-corrected chi connectivity index (χ3v) is 4.78. The molecule has 0 saturated heterocycles. The highest BCUT2D eigenvalue weighted by Gasteiger charge is 2.37. The third kappa shape index (κ3) is 3.32. The van der Waals surface area contributed by atoms with Crippen molar-refractivity contribution in [1.29, 1.82) is 0 Å². The minimum atomic E-state index is -0.648. The van der Waals surface area contributed by atoms with E-state index < -0.39 is 18.0 Å². The molecular formula is C20H19N5O3. The van der Waals surface area contributed by atoms with Crippen LogP contribution in [0.1, 0.15) is 18.5 Å². The Balaban J connectivity index is 1.65. The number of rotatable bonds is 4. The van der Waals surface area contributed by atoms with Crippen LogP contribution in [0.2, 0.25) is 0 Å². The molecule has 142 valence electrons. The summed E-state index contributed by atoms with van der Waals surface area (Å²) in [6, 6.07) is 11.8. The molecule has 4 rings (SSSR count). The second-order valence-corrected chi connectivity index (χ2v) is 6.60. The zero-order valence-electron chi connectivity index (χ0n) is 15.4. The standard InChI is InChI=1S/C20H19N5O3/c1-11-17(19(26)23-14-6-7-16-13(8-14)10-21-25-16)18(24-20(27)22-11)12-4-3-5-15(9-12)28-2/h3-10,17-18H,1-2H3,(H,21,25)(H,23,26)(H,24,27). The quantitative estimate of drug-likeness (QED) is 0.649. The van der Waals surface area contributed by atoms with Crippen LogP contribution in [-0.2, 0) is 4.79 Å². The Morgan fingerprint density at radius 1 is 1.21 bits per heavy atom. The minimum Gasteiger partial charge on any atom is -0.497 e. The number of aliphatic imine (C=N–C) groups is 1. The monoisotopic (exact) mass is 377 g/mol. The van der Waals surface area contributed by atoms with E-state index in [4.69, 9.17) is 4.74 Å². The van der Waals surface area contributed by atoms with Gasteiger partial charge in [-0.25, -0.2) is 9.79 Å². The van der Waals surface area contributed by atoms with Crippen LogP contribution >= 0.6 is 0 Å². The van der Waals surface area contributed by atoms with Crippen molar-refractivity contribution in [2.75, 3.05) is 12.4 Å². The Morgan fingerprint density at radius 3 is 2.89 bits per heavy atom. The van der Waals surface area contributed by atoms with Crippen LogP contribution in [-0.4, -0.2) is 35.0 Å². The molecule has 2 heterocycles. The fourth-order valence-corrected chi connectivity index (χ4v) is 3.41. The summed E-state index contributed by atoms with van der Waals surface area (Å²) in [7, 11) is 1.57. The molecule has 3 amide bonds. The molecule has 1 aliphatic heterocycles. The highest BCUT2D eigenvalue weighted by atomic mass is 16.5. The van der Waals surface area contributed by atoms with Crippen LogP contribution in [0, 0.1) is 5.92 Å². The number of hydrogen-bond acceptors (Lipinski definition) is 4. The van der Waals surface area contributed by atoms with Gasteiger partial charge in [-0.3, -0.25) is 9.89 Å². The molecule has 8 heteroatoms. The summed E-state index contributed by atoms with van der Waals surface area (Å²) in [4.78, 5) is 29.0. The molecule has 0 spiro atoms. The summed E-state index contributed by atoms with van der Waals surface area (Å²) in [5.41, 5.74) is 2.76. The first-order valence-electron chi connectivity index (χ1n) is 8.79. The van der Waals surface area contributed by atoms with Crippen LogP contribution in [0.15, 0.2) is 53.7 Å². The predicted molar refractivity (Wildman–Crippen MR) is 106 cm³/mol. The molecule has 0 radical (unpaired) electrons. The maximum Gasteiger partial charge on any atom is 0.341 e. The van der Waals surface area contributed by atoms with Gasteiger partial charge >= 0.3 is 6.03 Å². The van der Waals surface area contributed by atoms with Crippen molar-refractivity contribution in [3.8, 4) is 5.75 Å². The van der Waals surface area contributed by atoms with E-state index >= 15 is 0 Å². The molecule has 8 nitrogen and oxygen atoms in total. The Labute approximate surface area is 161 Å². The number of nitrogens with one attached hydrogen (secondary N) is 3. The lowest BCUT2D eigenvalue weighted by molar-refractivity contribution is -0.118. The van der Waals surface area contributed by atoms with E-state index in [0.717, 1.165) is 16.5 Å².